The van der Waals surface area contributed by atoms with Gasteiger partial charge in [0.25, 0.3) is 11.5 Å². The number of benzene rings is 1. The third-order valence-corrected chi connectivity index (χ3v) is 8.91. The molecule has 0 bridgehead atoms. The van der Waals surface area contributed by atoms with E-state index >= 15 is 0 Å². The van der Waals surface area contributed by atoms with Crippen molar-refractivity contribution in [2.45, 2.75) is 44.7 Å². The van der Waals surface area contributed by atoms with Gasteiger partial charge in [-0.1, -0.05) is 35.5 Å². The van der Waals surface area contributed by atoms with Crippen molar-refractivity contribution in [2.75, 3.05) is 5.75 Å². The van der Waals surface area contributed by atoms with Crippen LogP contribution in [-0.4, -0.2) is 26.9 Å². The van der Waals surface area contributed by atoms with Crippen LogP contribution >= 0.6 is 34.4 Å². The smallest absolute Gasteiger partial charge is 0.267 e. The minimum Gasteiger partial charge on any atom is -0.272 e. The first-order valence-electron chi connectivity index (χ1n) is 11.2. The summed E-state index contributed by atoms with van der Waals surface area (Å²) in [5.74, 6) is -0.132. The molecule has 0 spiro atoms. The molecule has 1 aromatic carbocycles. The van der Waals surface area contributed by atoms with Gasteiger partial charge in [-0.3, -0.25) is 14.2 Å². The summed E-state index contributed by atoms with van der Waals surface area (Å²) in [4.78, 5) is 34.2. The van der Waals surface area contributed by atoms with Crippen LogP contribution in [0.1, 0.15) is 40.6 Å². The van der Waals surface area contributed by atoms with Crippen molar-refractivity contribution in [1.29, 1.82) is 0 Å². The number of carbonyl (C=O) groups excluding carboxylic acids is 1. The SMILES string of the molecule is CC(=NNC(=O)CSc1nc2sc3c(c2c(=O)n1-c1ccc(C)cc1)CCCC3)c1cccs1. The molecular weight excluding hydrogens is 485 g/mol. The second-order valence-corrected chi connectivity index (χ2v) is 11.2. The maximum atomic E-state index is 13.8. The van der Waals surface area contributed by atoms with Gasteiger partial charge in [0.2, 0.25) is 0 Å². The van der Waals surface area contributed by atoms with Gasteiger partial charge < -0.3 is 0 Å². The largest absolute Gasteiger partial charge is 0.272 e. The van der Waals surface area contributed by atoms with Crippen molar-refractivity contribution in [3.63, 3.8) is 0 Å². The molecule has 0 fully saturated rings. The van der Waals surface area contributed by atoms with Crippen molar-refractivity contribution in [3.05, 3.63) is 73.0 Å². The molecule has 0 unspecified atom stereocenters. The van der Waals surface area contributed by atoms with Gasteiger partial charge in [-0.2, -0.15) is 5.10 Å². The first-order chi connectivity index (χ1) is 16.5. The number of hydrogen-bond acceptors (Lipinski definition) is 7. The minimum atomic E-state index is -0.240. The minimum absolute atomic E-state index is 0.0530. The fourth-order valence-corrected chi connectivity index (χ4v) is 6.84. The van der Waals surface area contributed by atoms with E-state index in [-0.39, 0.29) is 17.2 Å². The molecule has 5 rings (SSSR count). The first kappa shape index (κ1) is 23.0. The number of hydrogen-bond donors (Lipinski definition) is 1. The lowest BCUT2D eigenvalue weighted by Crippen LogP contribution is -2.24. The summed E-state index contributed by atoms with van der Waals surface area (Å²) >= 11 is 4.45. The lowest BCUT2D eigenvalue weighted by molar-refractivity contribution is -0.118. The second-order valence-electron chi connectivity index (χ2n) is 8.26. The van der Waals surface area contributed by atoms with Gasteiger partial charge in [-0.25, -0.2) is 10.4 Å². The number of amides is 1. The molecule has 1 aliphatic rings. The Kier molecular flexibility index (Phi) is 6.67. The summed E-state index contributed by atoms with van der Waals surface area (Å²) in [6, 6.07) is 11.7. The average Bonchev–Trinajstić information content (AvgIpc) is 3.50. The molecular formula is C25H24N4O2S3. The van der Waals surface area contributed by atoms with E-state index in [1.54, 1.807) is 27.2 Å². The summed E-state index contributed by atoms with van der Waals surface area (Å²) in [7, 11) is 0. The highest BCUT2D eigenvalue weighted by Crippen LogP contribution is 2.35. The maximum absolute atomic E-state index is 13.8. The highest BCUT2D eigenvalue weighted by Gasteiger charge is 2.23. The molecule has 9 heteroatoms. The Hall–Kier alpha value is -2.75. The molecule has 0 saturated heterocycles. The van der Waals surface area contributed by atoms with Gasteiger partial charge in [-0.15, -0.1) is 22.7 Å². The topological polar surface area (TPSA) is 76.3 Å². The number of aryl methyl sites for hydroxylation is 3. The van der Waals surface area contributed by atoms with E-state index in [1.807, 2.05) is 55.6 Å². The van der Waals surface area contributed by atoms with Crippen LogP contribution in [0.4, 0.5) is 0 Å². The number of nitrogens with zero attached hydrogens (tertiary/aromatic N) is 3. The molecule has 1 N–H and O–H groups in total. The van der Waals surface area contributed by atoms with Gasteiger partial charge in [0.05, 0.1) is 22.5 Å². The average molecular weight is 509 g/mol. The Labute approximate surface area is 209 Å². The van der Waals surface area contributed by atoms with Crippen LogP contribution in [0.5, 0.6) is 0 Å². The highest BCUT2D eigenvalue weighted by atomic mass is 32.2. The standard InChI is InChI=1S/C25H24N4O2S3/c1-15-9-11-17(12-10-15)29-24(31)22-18-6-3-4-7-20(18)34-23(22)26-25(29)33-14-21(30)28-27-16(2)19-8-5-13-32-19/h5,8-13H,3-4,6-7,14H2,1-2H3,(H,28,30). The quantitative estimate of drug-likeness (QED) is 0.165. The van der Waals surface area contributed by atoms with Crippen molar-refractivity contribution in [2.24, 2.45) is 5.10 Å². The van der Waals surface area contributed by atoms with E-state index in [2.05, 4.69) is 10.5 Å². The predicted molar refractivity (Wildman–Crippen MR) is 142 cm³/mol. The van der Waals surface area contributed by atoms with E-state index in [1.165, 1.54) is 16.6 Å². The molecule has 0 aliphatic heterocycles. The number of hydrazone groups is 1. The second kappa shape index (κ2) is 9.85. The van der Waals surface area contributed by atoms with E-state index in [4.69, 9.17) is 4.98 Å². The molecule has 0 radical (unpaired) electrons. The number of carbonyl (C=O) groups is 1. The summed E-state index contributed by atoms with van der Waals surface area (Å²) in [5, 5.41) is 7.44. The predicted octanol–water partition coefficient (Wildman–Crippen LogP) is 5.33. The summed E-state index contributed by atoms with van der Waals surface area (Å²) < 4.78 is 1.65. The zero-order chi connectivity index (χ0) is 23.7. The monoisotopic (exact) mass is 508 g/mol. The number of thioether (sulfide) groups is 1. The molecule has 1 aliphatic carbocycles. The lowest BCUT2D eigenvalue weighted by Gasteiger charge is -2.13. The molecule has 174 valence electrons. The number of nitrogens with one attached hydrogen (secondary N) is 1. The Bertz CT molecular complexity index is 1430. The molecule has 6 nitrogen and oxygen atoms in total. The normalized spacial score (nSPS) is 13.8. The van der Waals surface area contributed by atoms with Gasteiger partial charge in [0.1, 0.15) is 4.83 Å². The highest BCUT2D eigenvalue weighted by molar-refractivity contribution is 7.99. The molecule has 3 heterocycles. The maximum Gasteiger partial charge on any atom is 0.267 e. The van der Waals surface area contributed by atoms with Crippen molar-refractivity contribution < 1.29 is 4.79 Å². The van der Waals surface area contributed by atoms with Crippen LogP contribution in [0.25, 0.3) is 15.9 Å². The third-order valence-electron chi connectivity index (χ3n) is 5.81. The Morgan fingerprint density at radius 3 is 2.76 bits per heavy atom. The number of rotatable bonds is 6. The van der Waals surface area contributed by atoms with Gasteiger partial charge in [-0.05, 0) is 68.7 Å². The lowest BCUT2D eigenvalue weighted by atomic mass is 9.97. The van der Waals surface area contributed by atoms with Gasteiger partial charge in [0.15, 0.2) is 5.16 Å². The number of aromatic nitrogens is 2. The van der Waals surface area contributed by atoms with E-state index < -0.39 is 0 Å². The summed E-state index contributed by atoms with van der Waals surface area (Å²) in [5.41, 5.74) is 6.37. The van der Waals surface area contributed by atoms with Crippen LogP contribution in [0.3, 0.4) is 0 Å². The van der Waals surface area contributed by atoms with Crippen molar-refractivity contribution in [1.82, 2.24) is 15.0 Å². The Morgan fingerprint density at radius 1 is 1.21 bits per heavy atom. The van der Waals surface area contributed by atoms with Crippen molar-refractivity contribution >= 4 is 56.3 Å². The molecule has 34 heavy (non-hydrogen) atoms. The Morgan fingerprint density at radius 2 is 2.00 bits per heavy atom. The van der Waals surface area contributed by atoms with Crippen LogP contribution in [-0.2, 0) is 17.6 Å². The third kappa shape index (κ3) is 4.60. The van der Waals surface area contributed by atoms with Gasteiger partial charge >= 0.3 is 0 Å². The Balaban J connectivity index is 1.47. The number of thiophene rings is 2. The van der Waals surface area contributed by atoms with Crippen LogP contribution < -0.4 is 11.0 Å². The molecule has 1 amide bonds. The number of fused-ring (bicyclic) bond motifs is 3. The fraction of sp³-hybridized carbons (Fsp3) is 0.280. The zero-order valence-corrected chi connectivity index (χ0v) is 21.4. The molecule has 0 atom stereocenters. The first-order valence-corrected chi connectivity index (χ1v) is 13.8. The molecule has 3 aromatic heterocycles. The van der Waals surface area contributed by atoms with E-state index in [0.29, 0.717) is 5.16 Å². The van der Waals surface area contributed by atoms with Gasteiger partial charge in [0, 0.05) is 9.75 Å². The summed E-state index contributed by atoms with van der Waals surface area (Å²) in [6.07, 6.45) is 4.19. The van der Waals surface area contributed by atoms with E-state index in [0.717, 1.165) is 63.3 Å². The molecule has 4 aromatic rings. The zero-order valence-electron chi connectivity index (χ0n) is 19.0. The fourth-order valence-electron chi connectivity index (χ4n) is 4.05. The van der Waals surface area contributed by atoms with Crippen LogP contribution in [0.2, 0.25) is 0 Å². The van der Waals surface area contributed by atoms with Crippen LogP contribution in [0.15, 0.2) is 56.8 Å². The molecule has 0 saturated carbocycles. The van der Waals surface area contributed by atoms with E-state index in [9.17, 15) is 9.59 Å². The van der Waals surface area contributed by atoms with Crippen molar-refractivity contribution in [3.8, 4) is 5.69 Å². The summed E-state index contributed by atoms with van der Waals surface area (Å²) in [6.45, 7) is 3.88. The van der Waals surface area contributed by atoms with Crippen LogP contribution in [0, 0.1) is 6.92 Å².